The monoisotopic (exact) mass is 251 g/mol. The Morgan fingerprint density at radius 3 is 2.83 bits per heavy atom. The number of carboxylic acids is 1. The lowest BCUT2D eigenvalue weighted by Crippen LogP contribution is -2.33. The van der Waals surface area contributed by atoms with Crippen molar-refractivity contribution in [2.75, 3.05) is 18.1 Å². The summed E-state index contributed by atoms with van der Waals surface area (Å²) in [7, 11) is 0. The number of carboxylic acid groups (broad SMARTS) is 1. The molecule has 0 atom stereocenters. The van der Waals surface area contributed by atoms with Gasteiger partial charge in [0.1, 0.15) is 6.54 Å². The molecule has 0 aromatic carbocycles. The van der Waals surface area contributed by atoms with Crippen molar-refractivity contribution in [1.29, 1.82) is 0 Å². The standard InChI is InChI=1S/C12H17N3O3/c1-3-18-10-6-8(2)13-12(14-10)15(7-11(16)17)9-4-5-9/h6,9H,3-5,7H2,1-2H3,(H,16,17). The number of carbonyl (C=O) groups is 1. The van der Waals surface area contributed by atoms with E-state index in [0.29, 0.717) is 18.4 Å². The Kier molecular flexibility index (Phi) is 3.64. The number of aryl methyl sites for hydroxylation is 1. The number of aromatic nitrogens is 2. The molecule has 0 unspecified atom stereocenters. The van der Waals surface area contributed by atoms with Crippen molar-refractivity contribution in [2.45, 2.75) is 32.7 Å². The van der Waals surface area contributed by atoms with Gasteiger partial charge in [-0.25, -0.2) is 4.98 Å². The van der Waals surface area contributed by atoms with Crippen LogP contribution in [0.3, 0.4) is 0 Å². The number of ether oxygens (including phenoxy) is 1. The van der Waals surface area contributed by atoms with Gasteiger partial charge in [-0.15, -0.1) is 0 Å². The average molecular weight is 251 g/mol. The third-order valence-electron chi connectivity index (χ3n) is 2.66. The maximum absolute atomic E-state index is 10.9. The van der Waals surface area contributed by atoms with Crippen molar-refractivity contribution >= 4 is 11.9 Å². The zero-order chi connectivity index (χ0) is 13.1. The molecule has 1 aliphatic rings. The van der Waals surface area contributed by atoms with E-state index in [1.54, 1.807) is 11.0 Å². The van der Waals surface area contributed by atoms with E-state index in [9.17, 15) is 4.79 Å². The van der Waals surface area contributed by atoms with Gasteiger partial charge in [-0.1, -0.05) is 0 Å². The summed E-state index contributed by atoms with van der Waals surface area (Å²) in [6.07, 6.45) is 1.99. The summed E-state index contributed by atoms with van der Waals surface area (Å²) < 4.78 is 5.36. The first-order valence-corrected chi connectivity index (χ1v) is 6.07. The normalized spacial score (nSPS) is 14.3. The lowest BCUT2D eigenvalue weighted by atomic mass is 10.4. The van der Waals surface area contributed by atoms with Gasteiger partial charge in [0, 0.05) is 17.8 Å². The van der Waals surface area contributed by atoms with E-state index in [0.717, 1.165) is 18.5 Å². The lowest BCUT2D eigenvalue weighted by molar-refractivity contribution is -0.135. The zero-order valence-electron chi connectivity index (χ0n) is 10.6. The van der Waals surface area contributed by atoms with Crippen molar-refractivity contribution < 1.29 is 14.6 Å². The summed E-state index contributed by atoms with van der Waals surface area (Å²) in [6.45, 7) is 4.19. The Morgan fingerprint density at radius 2 is 2.28 bits per heavy atom. The van der Waals surface area contributed by atoms with Crippen molar-refractivity contribution in [3.05, 3.63) is 11.8 Å². The minimum Gasteiger partial charge on any atom is -0.480 e. The van der Waals surface area contributed by atoms with Gasteiger partial charge in [0.05, 0.1) is 6.61 Å². The minimum atomic E-state index is -0.870. The highest BCUT2D eigenvalue weighted by Gasteiger charge is 2.32. The van der Waals surface area contributed by atoms with Crippen LogP contribution in [0.2, 0.25) is 0 Å². The average Bonchev–Trinajstić information content (AvgIpc) is 3.09. The largest absolute Gasteiger partial charge is 0.480 e. The Morgan fingerprint density at radius 1 is 1.56 bits per heavy atom. The van der Waals surface area contributed by atoms with Gasteiger partial charge in [0.15, 0.2) is 0 Å². The van der Waals surface area contributed by atoms with Crippen LogP contribution in [0.1, 0.15) is 25.5 Å². The molecule has 0 bridgehead atoms. The molecule has 0 aliphatic heterocycles. The van der Waals surface area contributed by atoms with Gasteiger partial charge in [-0.3, -0.25) is 4.79 Å². The molecule has 0 amide bonds. The number of aliphatic carboxylic acids is 1. The minimum absolute atomic E-state index is 0.0698. The summed E-state index contributed by atoms with van der Waals surface area (Å²) in [5, 5.41) is 8.94. The van der Waals surface area contributed by atoms with Crippen LogP contribution >= 0.6 is 0 Å². The predicted molar refractivity (Wildman–Crippen MR) is 65.9 cm³/mol. The number of hydrogen-bond donors (Lipinski definition) is 1. The summed E-state index contributed by atoms with van der Waals surface area (Å²) in [5.74, 6) is 0.0735. The summed E-state index contributed by atoms with van der Waals surface area (Å²) in [6, 6.07) is 2.00. The quantitative estimate of drug-likeness (QED) is 0.819. The van der Waals surface area contributed by atoms with Crippen LogP contribution in [0.5, 0.6) is 5.88 Å². The fourth-order valence-corrected chi connectivity index (χ4v) is 1.77. The molecule has 0 spiro atoms. The second kappa shape index (κ2) is 5.20. The van der Waals surface area contributed by atoms with Crippen LogP contribution < -0.4 is 9.64 Å². The highest BCUT2D eigenvalue weighted by atomic mass is 16.5. The topological polar surface area (TPSA) is 75.5 Å². The molecular weight excluding hydrogens is 234 g/mol. The Balaban J connectivity index is 2.25. The molecule has 6 heteroatoms. The Bertz CT molecular complexity index is 446. The Hall–Kier alpha value is -1.85. The van der Waals surface area contributed by atoms with Crippen molar-refractivity contribution in [3.8, 4) is 5.88 Å². The van der Waals surface area contributed by atoms with E-state index in [1.165, 1.54) is 0 Å². The zero-order valence-corrected chi connectivity index (χ0v) is 10.6. The molecular formula is C12H17N3O3. The summed E-state index contributed by atoms with van der Waals surface area (Å²) in [4.78, 5) is 21.2. The van der Waals surface area contributed by atoms with Crippen molar-refractivity contribution in [3.63, 3.8) is 0 Å². The van der Waals surface area contributed by atoms with Gasteiger partial charge < -0.3 is 14.7 Å². The van der Waals surface area contributed by atoms with Crippen LogP contribution in [0.15, 0.2) is 6.07 Å². The third-order valence-corrected chi connectivity index (χ3v) is 2.66. The van der Waals surface area contributed by atoms with E-state index in [1.807, 2.05) is 13.8 Å². The van der Waals surface area contributed by atoms with Gasteiger partial charge in [-0.05, 0) is 26.7 Å². The highest BCUT2D eigenvalue weighted by molar-refractivity contribution is 5.73. The van der Waals surface area contributed by atoms with Crippen LogP contribution in [-0.2, 0) is 4.79 Å². The van der Waals surface area contributed by atoms with Crippen LogP contribution in [0.25, 0.3) is 0 Å². The summed E-state index contributed by atoms with van der Waals surface area (Å²) in [5.41, 5.74) is 0.777. The second-order valence-corrected chi connectivity index (χ2v) is 4.33. The smallest absolute Gasteiger partial charge is 0.323 e. The number of anilines is 1. The molecule has 1 heterocycles. The van der Waals surface area contributed by atoms with E-state index < -0.39 is 5.97 Å². The second-order valence-electron chi connectivity index (χ2n) is 4.33. The molecule has 0 saturated heterocycles. The third kappa shape index (κ3) is 3.09. The first kappa shape index (κ1) is 12.6. The molecule has 1 aromatic heterocycles. The molecule has 1 aromatic rings. The SMILES string of the molecule is CCOc1cc(C)nc(N(CC(=O)O)C2CC2)n1. The molecule has 1 fully saturated rings. The van der Waals surface area contributed by atoms with Gasteiger partial charge in [0.2, 0.25) is 11.8 Å². The van der Waals surface area contributed by atoms with Crippen LogP contribution in [0.4, 0.5) is 5.95 Å². The van der Waals surface area contributed by atoms with Gasteiger partial charge in [0.25, 0.3) is 0 Å². The van der Waals surface area contributed by atoms with Crippen molar-refractivity contribution in [2.24, 2.45) is 0 Å². The first-order chi connectivity index (χ1) is 8.60. The van der Waals surface area contributed by atoms with Crippen LogP contribution in [0, 0.1) is 6.92 Å². The van der Waals surface area contributed by atoms with Crippen molar-refractivity contribution in [1.82, 2.24) is 9.97 Å². The molecule has 2 rings (SSSR count). The fourth-order valence-electron chi connectivity index (χ4n) is 1.77. The molecule has 1 aliphatic carbocycles. The maximum Gasteiger partial charge on any atom is 0.323 e. The lowest BCUT2D eigenvalue weighted by Gasteiger charge is -2.20. The number of hydrogen-bond acceptors (Lipinski definition) is 5. The Labute approximate surface area is 106 Å². The molecule has 6 nitrogen and oxygen atoms in total. The summed E-state index contributed by atoms with van der Waals surface area (Å²) >= 11 is 0. The number of rotatable bonds is 6. The molecule has 98 valence electrons. The van der Waals surface area contributed by atoms with E-state index in [-0.39, 0.29) is 12.6 Å². The number of nitrogens with zero attached hydrogens (tertiary/aromatic N) is 3. The molecule has 1 saturated carbocycles. The molecule has 1 N–H and O–H groups in total. The molecule has 0 radical (unpaired) electrons. The highest BCUT2D eigenvalue weighted by Crippen LogP contribution is 2.30. The van der Waals surface area contributed by atoms with Crippen LogP contribution in [-0.4, -0.2) is 40.2 Å². The van der Waals surface area contributed by atoms with Gasteiger partial charge in [-0.2, -0.15) is 4.98 Å². The molecule has 18 heavy (non-hydrogen) atoms. The van der Waals surface area contributed by atoms with Gasteiger partial charge >= 0.3 is 5.97 Å². The fraction of sp³-hybridized carbons (Fsp3) is 0.583. The maximum atomic E-state index is 10.9. The van der Waals surface area contributed by atoms with E-state index in [2.05, 4.69) is 9.97 Å². The van der Waals surface area contributed by atoms with E-state index in [4.69, 9.17) is 9.84 Å². The predicted octanol–water partition coefficient (Wildman–Crippen LogP) is 1.24. The van der Waals surface area contributed by atoms with E-state index >= 15 is 0 Å². The first-order valence-electron chi connectivity index (χ1n) is 6.07.